The summed E-state index contributed by atoms with van der Waals surface area (Å²) in [4.78, 5) is 15.0. The van der Waals surface area contributed by atoms with Crippen molar-refractivity contribution in [3.8, 4) is 5.75 Å². The maximum atomic E-state index is 11.1. The second kappa shape index (κ2) is 6.55. The Morgan fingerprint density at radius 2 is 2.32 bits per heavy atom. The summed E-state index contributed by atoms with van der Waals surface area (Å²) in [6, 6.07) is 5.13. The number of carbonyl (C=O) groups is 1. The number of carboxylic acid groups (broad SMARTS) is 1. The summed E-state index contributed by atoms with van der Waals surface area (Å²) in [7, 11) is 0. The van der Waals surface area contributed by atoms with Crippen LogP contribution in [0.2, 0.25) is 0 Å². The van der Waals surface area contributed by atoms with E-state index in [1.165, 1.54) is 0 Å². The Balaban J connectivity index is 1.90. The minimum Gasteiger partial charge on any atom is -0.493 e. The van der Waals surface area contributed by atoms with E-state index in [1.54, 1.807) is 24.7 Å². The van der Waals surface area contributed by atoms with Crippen molar-refractivity contribution >= 4 is 28.6 Å². The molecule has 2 aromatic rings. The zero-order chi connectivity index (χ0) is 13.7. The SMILES string of the molecule is O=C(O)c1cc(I)ccc1OCCCn1ccnc1. The lowest BCUT2D eigenvalue weighted by atomic mass is 10.2. The number of aromatic carboxylic acids is 1. The molecule has 0 unspecified atom stereocenters. The van der Waals surface area contributed by atoms with Crippen LogP contribution in [0, 0.1) is 3.57 Å². The smallest absolute Gasteiger partial charge is 0.339 e. The van der Waals surface area contributed by atoms with Gasteiger partial charge in [0.15, 0.2) is 0 Å². The van der Waals surface area contributed by atoms with Crippen molar-refractivity contribution in [1.29, 1.82) is 0 Å². The van der Waals surface area contributed by atoms with Gasteiger partial charge >= 0.3 is 5.97 Å². The van der Waals surface area contributed by atoms with Gasteiger partial charge in [0, 0.05) is 22.5 Å². The Labute approximate surface area is 124 Å². The highest BCUT2D eigenvalue weighted by molar-refractivity contribution is 14.1. The molecule has 1 aromatic heterocycles. The number of halogens is 1. The third kappa shape index (κ3) is 3.95. The molecule has 100 valence electrons. The van der Waals surface area contributed by atoms with E-state index in [4.69, 9.17) is 9.84 Å². The normalized spacial score (nSPS) is 10.4. The first-order chi connectivity index (χ1) is 9.16. The number of aryl methyl sites for hydroxylation is 1. The van der Waals surface area contributed by atoms with Crippen molar-refractivity contribution in [2.24, 2.45) is 0 Å². The van der Waals surface area contributed by atoms with Gasteiger partial charge in [0.2, 0.25) is 0 Å². The van der Waals surface area contributed by atoms with Crippen LogP contribution < -0.4 is 4.74 Å². The van der Waals surface area contributed by atoms with E-state index < -0.39 is 5.97 Å². The fourth-order valence-electron chi connectivity index (χ4n) is 1.64. The van der Waals surface area contributed by atoms with Crippen molar-refractivity contribution in [1.82, 2.24) is 9.55 Å². The van der Waals surface area contributed by atoms with E-state index in [2.05, 4.69) is 27.6 Å². The van der Waals surface area contributed by atoms with Crippen LogP contribution in [-0.4, -0.2) is 27.2 Å². The average Bonchev–Trinajstić information content (AvgIpc) is 2.89. The average molecular weight is 372 g/mol. The Kier molecular flexibility index (Phi) is 4.78. The largest absolute Gasteiger partial charge is 0.493 e. The number of hydrogen-bond acceptors (Lipinski definition) is 3. The molecular formula is C13H13IN2O3. The summed E-state index contributed by atoms with van der Waals surface area (Å²) < 4.78 is 8.36. The van der Waals surface area contributed by atoms with Crippen LogP contribution in [0.1, 0.15) is 16.8 Å². The van der Waals surface area contributed by atoms with Crippen LogP contribution in [0.4, 0.5) is 0 Å². The van der Waals surface area contributed by atoms with Gasteiger partial charge in [-0.25, -0.2) is 9.78 Å². The monoisotopic (exact) mass is 372 g/mol. The molecule has 0 saturated carbocycles. The molecule has 0 bridgehead atoms. The molecule has 0 aliphatic heterocycles. The van der Waals surface area contributed by atoms with Gasteiger partial charge in [-0.15, -0.1) is 0 Å². The minimum atomic E-state index is -0.969. The van der Waals surface area contributed by atoms with E-state index >= 15 is 0 Å². The molecule has 0 saturated heterocycles. The van der Waals surface area contributed by atoms with Gasteiger partial charge in [-0.2, -0.15) is 0 Å². The molecular weight excluding hydrogens is 359 g/mol. The van der Waals surface area contributed by atoms with Crippen molar-refractivity contribution in [2.45, 2.75) is 13.0 Å². The van der Waals surface area contributed by atoms with E-state index in [1.807, 2.05) is 16.8 Å². The second-order valence-electron chi connectivity index (χ2n) is 3.95. The molecule has 0 radical (unpaired) electrons. The number of imidazole rings is 1. The zero-order valence-electron chi connectivity index (χ0n) is 10.1. The summed E-state index contributed by atoms with van der Waals surface area (Å²) in [6.45, 7) is 1.27. The standard InChI is InChI=1S/C13H13IN2O3/c14-10-2-3-12(11(8-10)13(17)18)19-7-1-5-16-6-4-15-9-16/h2-4,6,8-9H,1,5,7H2,(H,17,18). The van der Waals surface area contributed by atoms with Crippen LogP contribution in [0.15, 0.2) is 36.9 Å². The molecule has 6 heteroatoms. The second-order valence-corrected chi connectivity index (χ2v) is 5.19. The highest BCUT2D eigenvalue weighted by Crippen LogP contribution is 2.21. The lowest BCUT2D eigenvalue weighted by Gasteiger charge is -2.09. The minimum absolute atomic E-state index is 0.203. The molecule has 1 N–H and O–H groups in total. The van der Waals surface area contributed by atoms with Gasteiger partial charge in [-0.05, 0) is 47.2 Å². The first kappa shape index (κ1) is 13.9. The third-order valence-corrected chi connectivity index (χ3v) is 3.22. The number of ether oxygens (including phenoxy) is 1. The topological polar surface area (TPSA) is 64.3 Å². The molecule has 0 fully saturated rings. The molecule has 0 atom stereocenters. The number of carboxylic acids is 1. The number of rotatable bonds is 6. The van der Waals surface area contributed by atoms with E-state index in [-0.39, 0.29) is 5.56 Å². The Morgan fingerprint density at radius 1 is 1.47 bits per heavy atom. The predicted octanol–water partition coefficient (Wildman–Crippen LogP) is 2.66. The highest BCUT2D eigenvalue weighted by atomic mass is 127. The first-order valence-corrected chi connectivity index (χ1v) is 6.86. The predicted molar refractivity (Wildman–Crippen MR) is 78.5 cm³/mol. The first-order valence-electron chi connectivity index (χ1n) is 5.78. The summed E-state index contributed by atoms with van der Waals surface area (Å²) >= 11 is 2.08. The van der Waals surface area contributed by atoms with Crippen molar-refractivity contribution in [3.63, 3.8) is 0 Å². The quantitative estimate of drug-likeness (QED) is 0.626. The maximum Gasteiger partial charge on any atom is 0.339 e. The highest BCUT2D eigenvalue weighted by Gasteiger charge is 2.11. The summed E-state index contributed by atoms with van der Waals surface area (Å²) in [5, 5.41) is 9.10. The molecule has 1 heterocycles. The van der Waals surface area contributed by atoms with Gasteiger partial charge in [0.25, 0.3) is 0 Å². The molecule has 0 aliphatic rings. The van der Waals surface area contributed by atoms with Crippen LogP contribution in [-0.2, 0) is 6.54 Å². The van der Waals surface area contributed by atoms with Gasteiger partial charge in [-0.3, -0.25) is 0 Å². The zero-order valence-corrected chi connectivity index (χ0v) is 12.3. The van der Waals surface area contributed by atoms with Gasteiger partial charge in [-0.1, -0.05) is 0 Å². The fraction of sp³-hybridized carbons (Fsp3) is 0.231. The Morgan fingerprint density at radius 3 is 3.00 bits per heavy atom. The number of hydrogen-bond donors (Lipinski definition) is 1. The molecule has 1 aromatic carbocycles. The lowest BCUT2D eigenvalue weighted by Crippen LogP contribution is -2.07. The summed E-state index contributed by atoms with van der Waals surface area (Å²) in [5.41, 5.74) is 0.203. The van der Waals surface area contributed by atoms with Gasteiger partial charge < -0.3 is 14.4 Å². The van der Waals surface area contributed by atoms with Crippen LogP contribution in [0.25, 0.3) is 0 Å². The molecule has 2 rings (SSSR count). The summed E-state index contributed by atoms with van der Waals surface area (Å²) in [6.07, 6.45) is 6.14. The summed E-state index contributed by atoms with van der Waals surface area (Å²) in [5.74, 6) is -0.554. The van der Waals surface area contributed by atoms with Crippen molar-refractivity contribution < 1.29 is 14.6 Å². The van der Waals surface area contributed by atoms with Gasteiger partial charge in [0.05, 0.1) is 12.9 Å². The molecule has 0 spiro atoms. The van der Waals surface area contributed by atoms with E-state index in [0.29, 0.717) is 12.4 Å². The van der Waals surface area contributed by atoms with E-state index in [0.717, 1.165) is 16.5 Å². The van der Waals surface area contributed by atoms with Crippen molar-refractivity contribution in [3.05, 3.63) is 46.1 Å². The molecule has 5 nitrogen and oxygen atoms in total. The maximum absolute atomic E-state index is 11.1. The van der Waals surface area contributed by atoms with E-state index in [9.17, 15) is 4.79 Å². The molecule has 19 heavy (non-hydrogen) atoms. The van der Waals surface area contributed by atoms with Gasteiger partial charge in [0.1, 0.15) is 11.3 Å². The fourth-order valence-corrected chi connectivity index (χ4v) is 2.13. The third-order valence-electron chi connectivity index (χ3n) is 2.55. The van der Waals surface area contributed by atoms with Crippen LogP contribution in [0.5, 0.6) is 5.75 Å². The van der Waals surface area contributed by atoms with Crippen LogP contribution >= 0.6 is 22.6 Å². The van der Waals surface area contributed by atoms with Crippen molar-refractivity contribution in [2.75, 3.05) is 6.61 Å². The number of aromatic nitrogens is 2. The Hall–Kier alpha value is -1.57. The number of benzene rings is 1. The lowest BCUT2D eigenvalue weighted by molar-refractivity contribution is 0.0692. The van der Waals surface area contributed by atoms with Crippen LogP contribution in [0.3, 0.4) is 0 Å². The molecule has 0 aliphatic carbocycles. The molecule has 0 amide bonds. The number of nitrogens with zero attached hydrogens (tertiary/aromatic N) is 2. The Bertz CT molecular complexity index is 555.